The number of hydrogen-bond donors (Lipinski definition) is 0. The fourth-order valence-electron chi connectivity index (χ4n) is 7.11. The Morgan fingerprint density at radius 3 is 1.31 bits per heavy atom. The average molecular weight is 1470 g/mol. The van der Waals surface area contributed by atoms with Gasteiger partial charge in [0, 0.05) is 90.7 Å². The van der Waals surface area contributed by atoms with Crippen LogP contribution in [0, 0.1) is 43.9 Å². The van der Waals surface area contributed by atoms with Gasteiger partial charge in [0.2, 0.25) is 0 Å². The van der Waals surface area contributed by atoms with Gasteiger partial charge in [-0.3, -0.25) is 0 Å². The first-order valence-electron chi connectivity index (χ1n) is 24.6. The van der Waals surface area contributed by atoms with Gasteiger partial charge in [-0.1, -0.05) is 109 Å². The minimum atomic E-state index is -0.396. The van der Waals surface area contributed by atoms with Gasteiger partial charge in [0.1, 0.15) is 5.82 Å². The van der Waals surface area contributed by atoms with Crippen LogP contribution in [-0.2, 0) is 60.3 Å². The molecule has 0 unspecified atom stereocenters. The molecule has 0 aliphatic rings. The molecule has 11 aromatic rings. The third kappa shape index (κ3) is 16.0. The van der Waals surface area contributed by atoms with Crippen LogP contribution < -0.4 is 0 Å². The maximum Gasteiger partial charge on any atom is 0.123 e. The van der Waals surface area contributed by atoms with Gasteiger partial charge in [-0.25, -0.2) is 4.39 Å². The summed E-state index contributed by atoms with van der Waals surface area (Å²) in [6.45, 7) is 4.02. The predicted octanol–water partition coefficient (Wildman–Crippen LogP) is 15.9. The summed E-state index contributed by atoms with van der Waals surface area (Å²) in [4.78, 5) is 17.6. The summed E-state index contributed by atoms with van der Waals surface area (Å²) in [5, 5.41) is 0. The number of rotatable bonds is 7. The Morgan fingerprint density at radius 2 is 0.847 bits per heavy atom. The molecule has 11 rings (SSSR count). The van der Waals surface area contributed by atoms with Crippen molar-refractivity contribution < 1.29 is 71.6 Å². The molecule has 3 radical (unpaired) electrons. The maximum atomic E-state index is 13.1. The second-order valence-electron chi connectivity index (χ2n) is 15.4. The molecule has 4 nitrogen and oxygen atoms in total. The molecular formula is C64H47FIr3N4-4. The molecule has 0 saturated carbocycles. The topological polar surface area (TPSA) is 51.6 Å². The Balaban J connectivity index is 0.000000190. The molecule has 0 atom stereocenters. The van der Waals surface area contributed by atoms with Gasteiger partial charge < -0.3 is 19.9 Å². The summed E-state index contributed by atoms with van der Waals surface area (Å²) in [7, 11) is 0. The van der Waals surface area contributed by atoms with Gasteiger partial charge in [0.25, 0.3) is 0 Å². The molecule has 4 aromatic heterocycles. The Kier molecular flexibility index (Phi) is 19.8. The molecule has 0 bridgehead atoms. The maximum absolute atomic E-state index is 13.1. The first kappa shape index (κ1) is 48.6. The van der Waals surface area contributed by atoms with Crippen LogP contribution in [0.1, 0.15) is 18.0 Å². The SMILES string of the molecule is Cc1cc(-c2[c-]cccc2)ncc1-c1ccccc1.Cc1cc(F)ccc1-c1ccc(-c2[c-]cccc2)nc1.[2H]c1c([2H])c([2H])c(-c2ccc(-c3[c-]cccc3)nc2)c([2H])c1[2H].[Ir].[Ir].[Ir].[c-]1ccccc1-c1ccccn1. The van der Waals surface area contributed by atoms with E-state index in [0.717, 1.165) is 56.0 Å². The minimum absolute atomic E-state index is 0. The van der Waals surface area contributed by atoms with Crippen LogP contribution >= 0.6 is 0 Å². The minimum Gasteiger partial charge on any atom is -0.305 e. The predicted molar refractivity (Wildman–Crippen MR) is 280 cm³/mol. The van der Waals surface area contributed by atoms with Crippen molar-refractivity contribution in [1.29, 1.82) is 0 Å². The zero-order valence-electron chi connectivity index (χ0n) is 44.0. The van der Waals surface area contributed by atoms with Crippen molar-refractivity contribution >= 4 is 0 Å². The van der Waals surface area contributed by atoms with Crippen molar-refractivity contribution in [2.75, 3.05) is 0 Å². The summed E-state index contributed by atoms with van der Waals surface area (Å²) in [5.74, 6) is -0.213. The number of hydrogen-bond acceptors (Lipinski definition) is 4. The molecular weight excluding hydrogens is 1420 g/mol. The van der Waals surface area contributed by atoms with Gasteiger partial charge in [-0.15, -0.1) is 144 Å². The van der Waals surface area contributed by atoms with Crippen LogP contribution in [0.4, 0.5) is 4.39 Å². The van der Waals surface area contributed by atoms with E-state index in [0.29, 0.717) is 11.3 Å². The normalized spacial score (nSPS) is 10.8. The van der Waals surface area contributed by atoms with Gasteiger partial charge >= 0.3 is 0 Å². The van der Waals surface area contributed by atoms with Crippen molar-refractivity contribution in [3.8, 4) is 78.4 Å². The Hall–Kier alpha value is -6.98. The van der Waals surface area contributed by atoms with E-state index < -0.39 is 6.04 Å². The fourth-order valence-corrected chi connectivity index (χ4v) is 7.11. The van der Waals surface area contributed by atoms with E-state index in [2.05, 4.69) is 69.3 Å². The van der Waals surface area contributed by atoms with E-state index in [1.54, 1.807) is 30.5 Å². The molecule has 0 amide bonds. The Bertz CT molecular complexity index is 3490. The van der Waals surface area contributed by atoms with Crippen LogP contribution in [0.2, 0.25) is 0 Å². The molecule has 0 N–H and O–H groups in total. The number of pyridine rings is 4. The van der Waals surface area contributed by atoms with E-state index in [1.807, 2.05) is 159 Å². The molecule has 8 heteroatoms. The summed E-state index contributed by atoms with van der Waals surface area (Å²) < 4.78 is 52.2. The van der Waals surface area contributed by atoms with E-state index in [-0.39, 0.29) is 95.9 Å². The van der Waals surface area contributed by atoms with Crippen LogP contribution in [0.25, 0.3) is 78.4 Å². The van der Waals surface area contributed by atoms with E-state index in [4.69, 9.17) is 6.85 Å². The van der Waals surface area contributed by atoms with Gasteiger partial charge in [0.15, 0.2) is 0 Å². The van der Waals surface area contributed by atoms with Crippen LogP contribution in [0.3, 0.4) is 0 Å². The smallest absolute Gasteiger partial charge is 0.123 e. The number of benzene rings is 7. The van der Waals surface area contributed by atoms with E-state index in [9.17, 15) is 4.39 Å². The summed E-state index contributed by atoms with van der Waals surface area (Å²) >= 11 is 0. The molecule has 7 aromatic carbocycles. The summed E-state index contributed by atoms with van der Waals surface area (Å²) in [5.41, 5.74) is 14.6. The molecule has 0 saturated heterocycles. The third-order valence-electron chi connectivity index (χ3n) is 10.6. The second-order valence-corrected chi connectivity index (χ2v) is 15.4. The van der Waals surface area contributed by atoms with Crippen molar-refractivity contribution in [3.63, 3.8) is 0 Å². The largest absolute Gasteiger partial charge is 0.305 e. The third-order valence-corrected chi connectivity index (χ3v) is 10.6. The molecule has 0 spiro atoms. The average Bonchev–Trinajstić information content (AvgIpc) is 3.46. The number of aryl methyl sites for hydroxylation is 2. The number of aromatic nitrogens is 4. The Labute approximate surface area is 470 Å². The zero-order valence-corrected chi connectivity index (χ0v) is 46.1. The van der Waals surface area contributed by atoms with Crippen molar-refractivity contribution in [2.45, 2.75) is 13.8 Å². The van der Waals surface area contributed by atoms with Crippen LogP contribution in [-0.4, -0.2) is 19.9 Å². The standard InChI is InChI=1S/C18H13FN.C18H14N.C17H12N.C11H8N.3Ir/c1-13-11-16(19)8-9-17(13)15-7-10-18(20-12-15)14-5-3-2-4-6-14;1-14-12-18(16-10-6-3-7-11-16)19-13-17(14)15-8-4-2-5-9-15;1-3-7-14(8-4-1)16-11-12-17(18-13-16)15-9-5-2-6-10-15;1-2-6-10(7-3-1)11-8-4-5-9-12-11;;;/h2-5,7-12H,1H3;2-10,12-13H,1H3;1-9,11-13H;1-6,8-9H;;;/q4*-1;;;/i;;1D,3D,4D,7D,8D;;;;. The van der Waals surface area contributed by atoms with Crippen LogP contribution in [0.5, 0.6) is 0 Å². The summed E-state index contributed by atoms with van der Waals surface area (Å²) in [6.07, 6.45) is 7.07. The van der Waals surface area contributed by atoms with Crippen molar-refractivity contribution in [3.05, 3.63) is 290 Å². The van der Waals surface area contributed by atoms with Crippen LogP contribution in [0.15, 0.2) is 249 Å². The molecule has 0 aliphatic heterocycles. The van der Waals surface area contributed by atoms with Gasteiger partial charge in [-0.05, 0) is 93.8 Å². The fraction of sp³-hybridized carbons (Fsp3) is 0.0312. The number of halogens is 1. The van der Waals surface area contributed by atoms with Gasteiger partial charge in [-0.2, -0.15) is 0 Å². The molecule has 0 fully saturated rings. The number of nitrogens with zero attached hydrogens (tertiary/aromatic N) is 4. The quantitative estimate of drug-likeness (QED) is 0.149. The summed E-state index contributed by atoms with van der Waals surface area (Å²) in [6, 6.07) is 72.5. The second kappa shape index (κ2) is 29.4. The molecule has 72 heavy (non-hydrogen) atoms. The van der Waals surface area contributed by atoms with Crippen molar-refractivity contribution in [2.24, 2.45) is 0 Å². The van der Waals surface area contributed by atoms with Gasteiger partial charge in [0.05, 0.1) is 6.85 Å². The van der Waals surface area contributed by atoms with E-state index >= 15 is 0 Å². The molecule has 361 valence electrons. The Morgan fingerprint density at radius 1 is 0.375 bits per heavy atom. The van der Waals surface area contributed by atoms with Crippen molar-refractivity contribution in [1.82, 2.24) is 19.9 Å². The molecule has 4 heterocycles. The zero-order chi connectivity index (χ0) is 51.8. The van der Waals surface area contributed by atoms with E-state index in [1.165, 1.54) is 35.0 Å². The first-order valence-corrected chi connectivity index (χ1v) is 22.1. The monoisotopic (exact) mass is 1470 g/mol. The first-order chi connectivity index (χ1) is 36.0. The molecule has 0 aliphatic carbocycles.